The van der Waals surface area contributed by atoms with Crippen LogP contribution in [-0.2, 0) is 15.0 Å². The number of aromatic nitrogens is 3. The Bertz CT molecular complexity index is 1390. The molecule has 0 unspecified atom stereocenters. The second-order valence-corrected chi connectivity index (χ2v) is 10.7. The molecular formula is C27H29N5O3. The zero-order valence-electron chi connectivity index (χ0n) is 20.1. The first-order valence-electron chi connectivity index (χ1n) is 12.7. The first-order chi connectivity index (χ1) is 16.9. The Labute approximate surface area is 203 Å². The molecule has 4 heterocycles. The number of nitrogens with one attached hydrogen (secondary N) is 1. The molecule has 8 heteroatoms. The van der Waals surface area contributed by atoms with E-state index < -0.39 is 0 Å². The summed E-state index contributed by atoms with van der Waals surface area (Å²) in [5, 5.41) is 2.90. The Morgan fingerprint density at radius 3 is 2.71 bits per heavy atom. The molecule has 2 aliphatic heterocycles. The van der Waals surface area contributed by atoms with Crippen LogP contribution in [-0.4, -0.2) is 46.0 Å². The van der Waals surface area contributed by atoms with Crippen molar-refractivity contribution in [2.75, 3.05) is 18.5 Å². The van der Waals surface area contributed by atoms with Crippen molar-refractivity contribution < 1.29 is 14.3 Å². The van der Waals surface area contributed by atoms with Crippen molar-refractivity contribution in [2.24, 2.45) is 5.92 Å². The van der Waals surface area contributed by atoms with Crippen LogP contribution in [0.5, 0.6) is 5.88 Å². The lowest BCUT2D eigenvalue weighted by Crippen LogP contribution is -2.43. The maximum atomic E-state index is 13.0. The fourth-order valence-electron chi connectivity index (χ4n) is 6.05. The van der Waals surface area contributed by atoms with E-state index in [9.17, 15) is 9.59 Å². The van der Waals surface area contributed by atoms with Crippen molar-refractivity contribution in [3.63, 3.8) is 0 Å². The highest BCUT2D eigenvalue weighted by Gasteiger charge is 2.53. The lowest BCUT2D eigenvalue weighted by atomic mass is 9.65. The van der Waals surface area contributed by atoms with Crippen LogP contribution in [0, 0.1) is 5.92 Å². The van der Waals surface area contributed by atoms with Crippen LogP contribution in [0.2, 0.25) is 0 Å². The summed E-state index contributed by atoms with van der Waals surface area (Å²) in [6, 6.07) is 8.73. The smallest absolute Gasteiger partial charge is 0.241 e. The molecule has 0 bridgehead atoms. The molecule has 8 nitrogen and oxygen atoms in total. The van der Waals surface area contributed by atoms with Gasteiger partial charge in [0, 0.05) is 43.2 Å². The molecule has 3 fully saturated rings. The Balaban J connectivity index is 1.31. The molecule has 1 spiro atoms. The van der Waals surface area contributed by atoms with E-state index in [4.69, 9.17) is 14.7 Å². The third-order valence-electron chi connectivity index (χ3n) is 8.52. The Hall–Kier alpha value is -3.42. The van der Waals surface area contributed by atoms with Gasteiger partial charge in [-0.25, -0.2) is 9.97 Å². The van der Waals surface area contributed by atoms with E-state index in [1.807, 2.05) is 31.3 Å². The van der Waals surface area contributed by atoms with E-state index in [1.165, 1.54) is 0 Å². The van der Waals surface area contributed by atoms with Gasteiger partial charge in [-0.05, 0) is 50.3 Å². The maximum absolute atomic E-state index is 13.0. The van der Waals surface area contributed by atoms with Crippen molar-refractivity contribution in [3.8, 4) is 17.1 Å². The monoisotopic (exact) mass is 471 g/mol. The molecular weight excluding hydrogens is 442 g/mol. The van der Waals surface area contributed by atoms with Crippen LogP contribution >= 0.6 is 0 Å². The van der Waals surface area contributed by atoms with E-state index in [0.717, 1.165) is 65.6 Å². The standard InChI is InChI=1S/C27H29N5O3/c1-15(17-11-23(33)28-13-17)35-25-24-21(29-14-32(24)18-5-6-18)12-20(30-25)16-4-7-19-22(10-16)31(2)26(34)27(19)8-3-9-27/h4,7,10,12,14-15,17-18H,3,5-6,8-9,11,13H2,1-2H3,(H,28,33)/t15-,17-/m1/s1. The number of likely N-dealkylation sites (N-methyl/N-ethyl adjacent to an activating group) is 1. The molecule has 7 rings (SSSR count). The van der Waals surface area contributed by atoms with Crippen LogP contribution in [0.25, 0.3) is 22.3 Å². The molecule has 180 valence electrons. The number of rotatable bonds is 5. The number of pyridine rings is 1. The molecule has 4 aliphatic rings. The molecule has 1 N–H and O–H groups in total. The highest BCUT2D eigenvalue weighted by Crippen LogP contribution is 2.53. The SMILES string of the molecule is C[C@@H](Oc1nc(-c2ccc3c(c2)N(C)C(=O)C32CCC2)cc2ncn(C3CC3)c12)[C@H]1CNC(=O)C1. The minimum atomic E-state index is -0.320. The van der Waals surface area contributed by atoms with Gasteiger partial charge in [0.1, 0.15) is 11.6 Å². The predicted molar refractivity (Wildman–Crippen MR) is 131 cm³/mol. The Kier molecular flexibility index (Phi) is 4.36. The summed E-state index contributed by atoms with van der Waals surface area (Å²) in [7, 11) is 1.87. The molecule has 1 saturated heterocycles. The number of amides is 2. The summed E-state index contributed by atoms with van der Waals surface area (Å²) in [5.74, 6) is 0.953. The Morgan fingerprint density at radius 2 is 2.03 bits per heavy atom. The zero-order chi connectivity index (χ0) is 23.9. The van der Waals surface area contributed by atoms with E-state index >= 15 is 0 Å². The van der Waals surface area contributed by atoms with E-state index in [1.54, 1.807) is 0 Å². The molecule has 2 saturated carbocycles. The normalized spacial score (nSPS) is 23.5. The second-order valence-electron chi connectivity index (χ2n) is 10.7. The first-order valence-corrected chi connectivity index (χ1v) is 12.7. The van der Waals surface area contributed by atoms with Gasteiger partial charge in [0.25, 0.3) is 0 Å². The minimum absolute atomic E-state index is 0.0707. The molecule has 2 aliphatic carbocycles. The summed E-state index contributed by atoms with van der Waals surface area (Å²) < 4.78 is 8.64. The van der Waals surface area contributed by atoms with Gasteiger partial charge >= 0.3 is 0 Å². The van der Waals surface area contributed by atoms with Gasteiger partial charge in [-0.3, -0.25) is 9.59 Å². The van der Waals surface area contributed by atoms with E-state index in [0.29, 0.717) is 24.9 Å². The summed E-state index contributed by atoms with van der Waals surface area (Å²) in [6.45, 7) is 2.63. The highest BCUT2D eigenvalue weighted by atomic mass is 16.5. The average Bonchev–Trinajstić information content (AvgIpc) is 3.34. The summed E-state index contributed by atoms with van der Waals surface area (Å²) in [4.78, 5) is 36.3. The second kappa shape index (κ2) is 7.29. The summed E-state index contributed by atoms with van der Waals surface area (Å²) >= 11 is 0. The number of hydrogen-bond donors (Lipinski definition) is 1. The topological polar surface area (TPSA) is 89.3 Å². The number of hydrogen-bond acceptors (Lipinski definition) is 5. The number of benzene rings is 1. The first kappa shape index (κ1) is 20.9. The molecule has 3 aromatic rings. The van der Waals surface area contributed by atoms with Gasteiger partial charge in [0.2, 0.25) is 17.7 Å². The number of carbonyl (C=O) groups is 2. The van der Waals surface area contributed by atoms with Crippen molar-refractivity contribution >= 4 is 28.5 Å². The van der Waals surface area contributed by atoms with Gasteiger partial charge in [-0.15, -0.1) is 0 Å². The van der Waals surface area contributed by atoms with Gasteiger partial charge in [0.05, 0.1) is 23.0 Å². The molecule has 2 amide bonds. The summed E-state index contributed by atoms with van der Waals surface area (Å²) in [6.07, 6.45) is 7.43. The van der Waals surface area contributed by atoms with Crippen molar-refractivity contribution in [2.45, 2.75) is 63.0 Å². The molecule has 0 radical (unpaired) electrons. The van der Waals surface area contributed by atoms with Crippen LogP contribution in [0.4, 0.5) is 5.69 Å². The van der Waals surface area contributed by atoms with E-state index in [-0.39, 0.29) is 29.3 Å². The highest BCUT2D eigenvalue weighted by molar-refractivity contribution is 6.09. The van der Waals surface area contributed by atoms with Crippen LogP contribution in [0.3, 0.4) is 0 Å². The third kappa shape index (κ3) is 3.04. The largest absolute Gasteiger partial charge is 0.473 e. The van der Waals surface area contributed by atoms with Crippen molar-refractivity contribution in [3.05, 3.63) is 36.2 Å². The van der Waals surface area contributed by atoms with Gasteiger partial charge in [0.15, 0.2) is 0 Å². The summed E-state index contributed by atoms with van der Waals surface area (Å²) in [5.41, 5.74) is 5.29. The van der Waals surface area contributed by atoms with Crippen LogP contribution in [0.15, 0.2) is 30.6 Å². The zero-order valence-corrected chi connectivity index (χ0v) is 20.1. The van der Waals surface area contributed by atoms with Gasteiger partial charge in [-0.1, -0.05) is 18.6 Å². The van der Waals surface area contributed by atoms with Gasteiger partial charge in [-0.2, -0.15) is 0 Å². The van der Waals surface area contributed by atoms with Crippen molar-refractivity contribution in [1.82, 2.24) is 19.9 Å². The van der Waals surface area contributed by atoms with Crippen LogP contribution in [0.1, 0.15) is 57.1 Å². The molecule has 1 aromatic carbocycles. The quantitative estimate of drug-likeness (QED) is 0.612. The number of imidazole rings is 1. The number of nitrogens with zero attached hydrogens (tertiary/aromatic N) is 4. The molecule has 2 atom stereocenters. The number of fused-ring (bicyclic) bond motifs is 3. The Morgan fingerprint density at radius 1 is 1.20 bits per heavy atom. The average molecular weight is 472 g/mol. The molecule has 35 heavy (non-hydrogen) atoms. The fraction of sp³-hybridized carbons (Fsp3) is 0.481. The maximum Gasteiger partial charge on any atom is 0.241 e. The predicted octanol–water partition coefficient (Wildman–Crippen LogP) is 3.73. The lowest BCUT2D eigenvalue weighted by molar-refractivity contribution is -0.125. The lowest BCUT2D eigenvalue weighted by Gasteiger charge is -2.36. The van der Waals surface area contributed by atoms with Crippen LogP contribution < -0.4 is 15.0 Å². The number of anilines is 1. The third-order valence-corrected chi connectivity index (χ3v) is 8.52. The van der Waals surface area contributed by atoms with E-state index in [2.05, 4.69) is 28.1 Å². The van der Waals surface area contributed by atoms with Gasteiger partial charge < -0.3 is 19.5 Å². The van der Waals surface area contributed by atoms with Crippen molar-refractivity contribution in [1.29, 1.82) is 0 Å². The minimum Gasteiger partial charge on any atom is -0.473 e. The number of carbonyl (C=O) groups excluding carboxylic acids is 2. The number of ether oxygens (including phenoxy) is 1. The fourth-order valence-corrected chi connectivity index (χ4v) is 6.05. The molecule has 2 aromatic heterocycles.